The maximum Gasteiger partial charge on any atom is 0.406 e. The van der Waals surface area contributed by atoms with Gasteiger partial charge < -0.3 is 10.1 Å². The second-order valence-electron chi connectivity index (χ2n) is 3.72. The molecule has 0 bridgehead atoms. The van der Waals surface area contributed by atoms with Crippen LogP contribution in [0, 0.1) is 6.92 Å². The summed E-state index contributed by atoms with van der Waals surface area (Å²) < 4.78 is 4.30. The first-order chi connectivity index (χ1) is 9.60. The summed E-state index contributed by atoms with van der Waals surface area (Å²) in [5, 5.41) is 2.42. The van der Waals surface area contributed by atoms with E-state index in [-0.39, 0.29) is 5.78 Å². The number of aryl methyl sites for hydroxylation is 1. The molecule has 1 rings (SSSR count). The summed E-state index contributed by atoms with van der Waals surface area (Å²) in [6.45, 7) is 8.24. The van der Waals surface area contributed by atoms with Crippen LogP contribution in [0.2, 0.25) is 0 Å². The van der Waals surface area contributed by atoms with Gasteiger partial charge in [-0.2, -0.15) is 0 Å². The fourth-order valence-corrected chi connectivity index (χ4v) is 1.09. The van der Waals surface area contributed by atoms with Crippen molar-refractivity contribution in [3.05, 3.63) is 35.9 Å². The van der Waals surface area contributed by atoms with Gasteiger partial charge in [-0.1, -0.05) is 56.7 Å². The lowest BCUT2D eigenvalue weighted by molar-refractivity contribution is -0.118. The first-order valence-corrected chi connectivity index (χ1v) is 6.95. The van der Waals surface area contributed by atoms with Crippen molar-refractivity contribution in [3.8, 4) is 0 Å². The first-order valence-electron chi connectivity index (χ1n) is 6.95. The van der Waals surface area contributed by atoms with E-state index >= 15 is 0 Å². The highest BCUT2D eigenvalue weighted by atomic mass is 16.5. The molecule has 0 unspecified atom stereocenters. The first kappa shape index (κ1) is 20.5. The van der Waals surface area contributed by atoms with Gasteiger partial charge >= 0.3 is 6.09 Å². The van der Waals surface area contributed by atoms with Crippen LogP contribution in [0.25, 0.3) is 0 Å². The molecule has 0 atom stereocenters. The van der Waals surface area contributed by atoms with Gasteiger partial charge in [0.2, 0.25) is 0 Å². The highest BCUT2D eigenvalue weighted by molar-refractivity contribution is 5.78. The molecule has 1 amide bonds. The number of carbonyl (C=O) groups excluding carboxylic acids is 2. The molecule has 4 heteroatoms. The van der Waals surface area contributed by atoms with E-state index in [1.165, 1.54) is 12.7 Å². The molecular formula is C16H27NO3. The molecule has 1 N–H and O–H groups in total. The Morgan fingerprint density at radius 1 is 1.15 bits per heavy atom. The van der Waals surface area contributed by atoms with E-state index in [4.69, 9.17) is 0 Å². The number of hydrogen-bond acceptors (Lipinski definition) is 3. The highest BCUT2D eigenvalue weighted by Crippen LogP contribution is 1.92. The lowest BCUT2D eigenvalue weighted by atomic mass is 10.2. The number of ketones is 1. The van der Waals surface area contributed by atoms with Crippen molar-refractivity contribution in [2.45, 2.75) is 40.5 Å². The molecular weight excluding hydrogens is 254 g/mol. The number of amides is 1. The van der Waals surface area contributed by atoms with Gasteiger partial charge in [0.1, 0.15) is 5.78 Å². The Balaban J connectivity index is 0. The second-order valence-corrected chi connectivity index (χ2v) is 3.72. The third-order valence-corrected chi connectivity index (χ3v) is 2.19. The van der Waals surface area contributed by atoms with Crippen LogP contribution in [-0.2, 0) is 9.53 Å². The standard InChI is InChI=1S/C7H13NO3.C7H8.C2H6/c1-3-6(9)4-5-8-7(10)11-2;1-7-5-3-2-4-6-7;1-2/h3-5H2,1-2H3,(H,8,10);2-6H,1H3;1-2H3. The van der Waals surface area contributed by atoms with Gasteiger partial charge in [-0.25, -0.2) is 4.79 Å². The van der Waals surface area contributed by atoms with Crippen LogP contribution in [0.4, 0.5) is 4.79 Å². The lowest BCUT2D eigenvalue weighted by Gasteiger charge is -2.00. The summed E-state index contributed by atoms with van der Waals surface area (Å²) in [6.07, 6.45) is 0.406. The van der Waals surface area contributed by atoms with Gasteiger partial charge in [0.15, 0.2) is 0 Å². The number of carbonyl (C=O) groups is 2. The van der Waals surface area contributed by atoms with E-state index in [1.54, 1.807) is 6.92 Å². The predicted molar refractivity (Wildman–Crippen MR) is 82.8 cm³/mol. The van der Waals surface area contributed by atoms with Crippen LogP contribution < -0.4 is 5.32 Å². The summed E-state index contributed by atoms with van der Waals surface area (Å²) in [5.41, 5.74) is 1.32. The maximum absolute atomic E-state index is 10.7. The number of methoxy groups -OCH3 is 1. The molecule has 0 aliphatic heterocycles. The van der Waals surface area contributed by atoms with E-state index < -0.39 is 6.09 Å². The van der Waals surface area contributed by atoms with E-state index in [0.29, 0.717) is 19.4 Å². The Labute approximate surface area is 122 Å². The van der Waals surface area contributed by atoms with E-state index in [9.17, 15) is 9.59 Å². The fraction of sp³-hybridized carbons (Fsp3) is 0.500. The molecule has 0 saturated carbocycles. The molecule has 0 aliphatic carbocycles. The van der Waals surface area contributed by atoms with Gasteiger partial charge in [-0.3, -0.25) is 4.79 Å². The fourth-order valence-electron chi connectivity index (χ4n) is 1.09. The summed E-state index contributed by atoms with van der Waals surface area (Å²) in [7, 11) is 1.29. The van der Waals surface area contributed by atoms with Crippen molar-refractivity contribution in [2.24, 2.45) is 0 Å². The van der Waals surface area contributed by atoms with Gasteiger partial charge in [0.05, 0.1) is 7.11 Å². The molecule has 0 spiro atoms. The lowest BCUT2D eigenvalue weighted by Crippen LogP contribution is -2.25. The number of rotatable bonds is 4. The van der Waals surface area contributed by atoms with Crippen molar-refractivity contribution in [3.63, 3.8) is 0 Å². The van der Waals surface area contributed by atoms with Gasteiger partial charge in [-0.05, 0) is 6.92 Å². The number of ether oxygens (including phenoxy) is 1. The molecule has 0 saturated heterocycles. The van der Waals surface area contributed by atoms with Crippen LogP contribution in [0.3, 0.4) is 0 Å². The number of hydrogen-bond donors (Lipinski definition) is 1. The van der Waals surface area contributed by atoms with Crippen molar-refractivity contribution in [1.82, 2.24) is 5.32 Å². The molecule has 0 aromatic heterocycles. The van der Waals surface area contributed by atoms with Gasteiger partial charge in [0.25, 0.3) is 0 Å². The van der Waals surface area contributed by atoms with Crippen molar-refractivity contribution in [2.75, 3.05) is 13.7 Å². The molecule has 1 aromatic carbocycles. The minimum Gasteiger partial charge on any atom is -0.453 e. The Bertz CT molecular complexity index is 334. The maximum atomic E-state index is 10.7. The van der Waals surface area contributed by atoms with Crippen molar-refractivity contribution < 1.29 is 14.3 Å². The van der Waals surface area contributed by atoms with Crippen LogP contribution >= 0.6 is 0 Å². The van der Waals surface area contributed by atoms with Crippen LogP contribution in [-0.4, -0.2) is 25.5 Å². The SMILES string of the molecule is CC.CCC(=O)CCNC(=O)OC.Cc1ccccc1. The third kappa shape index (κ3) is 14.2. The molecule has 0 heterocycles. The number of benzene rings is 1. The monoisotopic (exact) mass is 281 g/mol. The minimum absolute atomic E-state index is 0.140. The second kappa shape index (κ2) is 15.2. The Morgan fingerprint density at radius 3 is 2.05 bits per heavy atom. The summed E-state index contributed by atoms with van der Waals surface area (Å²) >= 11 is 0. The number of nitrogens with one attached hydrogen (secondary N) is 1. The smallest absolute Gasteiger partial charge is 0.406 e. The van der Waals surface area contributed by atoms with E-state index in [2.05, 4.69) is 29.1 Å². The molecule has 0 radical (unpaired) electrons. The largest absolute Gasteiger partial charge is 0.453 e. The van der Waals surface area contributed by atoms with Crippen molar-refractivity contribution >= 4 is 11.9 Å². The summed E-state index contributed by atoms with van der Waals surface area (Å²) in [6, 6.07) is 10.3. The van der Waals surface area contributed by atoms with Crippen LogP contribution in [0.15, 0.2) is 30.3 Å². The van der Waals surface area contributed by atoms with E-state index in [1.807, 2.05) is 32.0 Å². The average molecular weight is 281 g/mol. The van der Waals surface area contributed by atoms with Crippen molar-refractivity contribution in [1.29, 1.82) is 0 Å². The zero-order valence-corrected chi connectivity index (χ0v) is 13.2. The zero-order valence-electron chi connectivity index (χ0n) is 13.2. The summed E-state index contributed by atoms with van der Waals surface area (Å²) in [4.78, 5) is 21.1. The number of Topliss-reactive ketones (excluding diaryl/α,β-unsaturated/α-hetero) is 1. The topological polar surface area (TPSA) is 55.4 Å². The zero-order chi connectivity index (χ0) is 15.8. The highest BCUT2D eigenvalue weighted by Gasteiger charge is 2.00. The predicted octanol–water partition coefficient (Wildman–Crippen LogP) is 3.73. The quantitative estimate of drug-likeness (QED) is 0.914. The van der Waals surface area contributed by atoms with E-state index in [0.717, 1.165) is 0 Å². The number of alkyl carbamates (subject to hydrolysis) is 1. The Hall–Kier alpha value is -1.84. The van der Waals surface area contributed by atoms with Gasteiger partial charge in [0, 0.05) is 19.4 Å². The molecule has 114 valence electrons. The van der Waals surface area contributed by atoms with Crippen LogP contribution in [0.1, 0.15) is 39.2 Å². The van der Waals surface area contributed by atoms with Crippen LogP contribution in [0.5, 0.6) is 0 Å². The molecule has 1 aromatic rings. The van der Waals surface area contributed by atoms with Gasteiger partial charge in [-0.15, -0.1) is 0 Å². The normalized spacial score (nSPS) is 8.25. The molecule has 4 nitrogen and oxygen atoms in total. The molecule has 20 heavy (non-hydrogen) atoms. The Morgan fingerprint density at radius 2 is 1.70 bits per heavy atom. The third-order valence-electron chi connectivity index (χ3n) is 2.19. The average Bonchev–Trinajstić information content (AvgIpc) is 2.50. The Kier molecular flexibility index (Phi) is 15.6. The summed E-state index contributed by atoms with van der Waals surface area (Å²) in [5.74, 6) is 0.140. The molecule has 0 fully saturated rings. The minimum atomic E-state index is -0.492. The molecule has 0 aliphatic rings.